The standard InChI is InChI=1S/C28H30ClN3O4S/c1-19(27(33)32-15-6-5-9-26(32)20-7-3-2-4-8-20)31-16-14-25(28(31)34)30-37(35,36)24-13-11-21-17-23(29)12-10-22(21)18-24/h2-4,7-8,10-13,17-19,25-26,30H,5-6,9,14-16H2,1H3/t19-,25?,26?/m0/s1. The summed E-state index contributed by atoms with van der Waals surface area (Å²) in [7, 11) is -3.94. The second kappa shape index (κ2) is 10.4. The molecule has 5 rings (SSSR count). The van der Waals surface area contributed by atoms with Crippen LogP contribution in [0.15, 0.2) is 71.6 Å². The van der Waals surface area contributed by atoms with E-state index in [1.807, 2.05) is 35.2 Å². The lowest BCUT2D eigenvalue weighted by Gasteiger charge is -2.39. The zero-order valence-corrected chi connectivity index (χ0v) is 22.2. The van der Waals surface area contributed by atoms with E-state index in [1.54, 1.807) is 37.3 Å². The van der Waals surface area contributed by atoms with Crippen LogP contribution in [0.4, 0.5) is 0 Å². The Labute approximate surface area is 222 Å². The van der Waals surface area contributed by atoms with E-state index in [0.717, 1.165) is 35.6 Å². The number of rotatable bonds is 6. The molecule has 1 N–H and O–H groups in total. The third-order valence-corrected chi connectivity index (χ3v) is 9.12. The van der Waals surface area contributed by atoms with Crippen LogP contribution < -0.4 is 4.72 Å². The fourth-order valence-electron chi connectivity index (χ4n) is 5.40. The molecule has 3 aromatic carbocycles. The number of nitrogens with zero attached hydrogens (tertiary/aromatic N) is 2. The molecular formula is C28H30ClN3O4S. The molecule has 2 fully saturated rings. The second-order valence-corrected chi connectivity index (χ2v) is 11.9. The van der Waals surface area contributed by atoms with E-state index < -0.39 is 22.1 Å². The van der Waals surface area contributed by atoms with Crippen LogP contribution in [0.5, 0.6) is 0 Å². The van der Waals surface area contributed by atoms with Gasteiger partial charge < -0.3 is 9.80 Å². The molecule has 2 heterocycles. The number of amides is 2. The first-order valence-corrected chi connectivity index (χ1v) is 14.5. The number of fused-ring (bicyclic) bond motifs is 1. The molecule has 0 spiro atoms. The number of nitrogens with one attached hydrogen (secondary N) is 1. The average molecular weight is 540 g/mol. The van der Waals surface area contributed by atoms with Crippen LogP contribution in [0.25, 0.3) is 10.8 Å². The van der Waals surface area contributed by atoms with E-state index in [-0.39, 0.29) is 22.8 Å². The first-order valence-electron chi connectivity index (χ1n) is 12.6. The predicted molar refractivity (Wildman–Crippen MR) is 144 cm³/mol. The lowest BCUT2D eigenvalue weighted by molar-refractivity contribution is -0.146. The molecule has 9 heteroatoms. The van der Waals surface area contributed by atoms with Crippen LogP contribution in [-0.4, -0.2) is 55.2 Å². The van der Waals surface area contributed by atoms with Crippen LogP contribution in [0.1, 0.15) is 44.2 Å². The number of sulfonamides is 1. The van der Waals surface area contributed by atoms with Crippen LogP contribution in [0, 0.1) is 0 Å². The van der Waals surface area contributed by atoms with Gasteiger partial charge in [0.15, 0.2) is 0 Å². The maximum atomic E-state index is 13.6. The van der Waals surface area contributed by atoms with Crippen molar-refractivity contribution in [2.45, 2.75) is 55.6 Å². The van der Waals surface area contributed by atoms with Crippen LogP contribution in [-0.2, 0) is 19.6 Å². The van der Waals surface area contributed by atoms with Crippen molar-refractivity contribution in [2.75, 3.05) is 13.1 Å². The van der Waals surface area contributed by atoms with Gasteiger partial charge in [-0.3, -0.25) is 9.59 Å². The third-order valence-electron chi connectivity index (χ3n) is 7.42. The summed E-state index contributed by atoms with van der Waals surface area (Å²) in [6.45, 7) is 2.70. The highest BCUT2D eigenvalue weighted by Crippen LogP contribution is 2.32. The van der Waals surface area contributed by atoms with E-state index in [9.17, 15) is 18.0 Å². The molecule has 2 aliphatic heterocycles. The first-order chi connectivity index (χ1) is 17.7. The molecule has 3 atom stereocenters. The minimum atomic E-state index is -3.94. The maximum Gasteiger partial charge on any atom is 0.245 e. The van der Waals surface area contributed by atoms with Gasteiger partial charge in [0.1, 0.15) is 12.1 Å². The summed E-state index contributed by atoms with van der Waals surface area (Å²) in [5, 5.41) is 2.13. The number of halogens is 1. The van der Waals surface area contributed by atoms with Gasteiger partial charge in [-0.1, -0.05) is 54.1 Å². The van der Waals surface area contributed by atoms with E-state index in [2.05, 4.69) is 4.72 Å². The summed E-state index contributed by atoms with van der Waals surface area (Å²) >= 11 is 6.03. The molecule has 2 aliphatic rings. The summed E-state index contributed by atoms with van der Waals surface area (Å²) in [5.41, 5.74) is 1.10. The monoisotopic (exact) mass is 539 g/mol. The van der Waals surface area contributed by atoms with Gasteiger partial charge in [0.2, 0.25) is 21.8 Å². The Balaban J connectivity index is 1.29. The SMILES string of the molecule is C[C@@H](C(=O)N1CCCCC1c1ccccc1)N1CCC(NS(=O)(=O)c2ccc3cc(Cl)ccc3c2)C1=O. The molecule has 0 bridgehead atoms. The number of benzene rings is 3. The average Bonchev–Trinajstić information content (AvgIpc) is 3.26. The van der Waals surface area contributed by atoms with Crippen molar-refractivity contribution in [3.05, 3.63) is 77.3 Å². The van der Waals surface area contributed by atoms with Crippen LogP contribution >= 0.6 is 11.6 Å². The minimum Gasteiger partial charge on any atom is -0.334 e. The zero-order chi connectivity index (χ0) is 26.2. The van der Waals surface area contributed by atoms with Gasteiger partial charge >= 0.3 is 0 Å². The Morgan fingerprint density at radius 1 is 0.973 bits per heavy atom. The van der Waals surface area contributed by atoms with Crippen molar-refractivity contribution in [1.82, 2.24) is 14.5 Å². The number of likely N-dealkylation sites (tertiary alicyclic amines) is 2. The van der Waals surface area contributed by atoms with Gasteiger partial charge in [0.05, 0.1) is 10.9 Å². The Hall–Kier alpha value is -2.94. The topological polar surface area (TPSA) is 86.8 Å². The van der Waals surface area contributed by atoms with Crippen molar-refractivity contribution >= 4 is 44.2 Å². The van der Waals surface area contributed by atoms with Crippen LogP contribution in [0.2, 0.25) is 5.02 Å². The van der Waals surface area contributed by atoms with Gasteiger partial charge in [-0.05, 0) is 73.2 Å². The summed E-state index contributed by atoms with van der Waals surface area (Å²) in [6.07, 6.45) is 3.17. The fourth-order valence-corrected chi connectivity index (χ4v) is 6.84. The van der Waals surface area contributed by atoms with Gasteiger partial charge in [-0.25, -0.2) is 8.42 Å². The summed E-state index contributed by atoms with van der Waals surface area (Å²) in [5.74, 6) is -0.469. The Bertz CT molecular complexity index is 1430. The van der Waals surface area contributed by atoms with Crippen molar-refractivity contribution in [1.29, 1.82) is 0 Å². The summed E-state index contributed by atoms with van der Waals surface area (Å²) in [6, 6.07) is 18.4. The van der Waals surface area contributed by atoms with Crippen LogP contribution in [0.3, 0.4) is 0 Å². The highest BCUT2D eigenvalue weighted by Gasteiger charge is 2.41. The largest absolute Gasteiger partial charge is 0.334 e. The number of piperidine rings is 1. The van der Waals surface area contributed by atoms with Crippen molar-refractivity contribution < 1.29 is 18.0 Å². The predicted octanol–water partition coefficient (Wildman–Crippen LogP) is 4.51. The van der Waals surface area contributed by atoms with Crippen molar-refractivity contribution in [3.63, 3.8) is 0 Å². The normalized spacial score (nSPS) is 21.4. The molecule has 3 aromatic rings. The molecule has 37 heavy (non-hydrogen) atoms. The van der Waals surface area contributed by atoms with Crippen molar-refractivity contribution in [2.24, 2.45) is 0 Å². The van der Waals surface area contributed by atoms with Gasteiger partial charge in [0, 0.05) is 18.1 Å². The molecule has 0 aromatic heterocycles. The smallest absolute Gasteiger partial charge is 0.245 e. The Morgan fingerprint density at radius 2 is 1.70 bits per heavy atom. The molecule has 0 radical (unpaired) electrons. The Kier molecular flexibility index (Phi) is 7.25. The third kappa shape index (κ3) is 5.23. The summed E-state index contributed by atoms with van der Waals surface area (Å²) in [4.78, 5) is 30.3. The molecule has 2 saturated heterocycles. The molecule has 194 valence electrons. The number of hydrogen-bond donors (Lipinski definition) is 1. The summed E-state index contributed by atoms with van der Waals surface area (Å²) < 4.78 is 28.8. The highest BCUT2D eigenvalue weighted by atomic mass is 35.5. The van der Waals surface area contributed by atoms with E-state index in [1.165, 1.54) is 11.0 Å². The second-order valence-electron chi connectivity index (χ2n) is 9.78. The quantitative estimate of drug-likeness (QED) is 0.499. The number of carbonyl (C=O) groups excluding carboxylic acids is 2. The molecule has 0 aliphatic carbocycles. The van der Waals surface area contributed by atoms with Gasteiger partial charge in [0.25, 0.3) is 0 Å². The molecular weight excluding hydrogens is 510 g/mol. The van der Waals surface area contributed by atoms with Crippen molar-refractivity contribution in [3.8, 4) is 0 Å². The zero-order valence-electron chi connectivity index (χ0n) is 20.6. The lowest BCUT2D eigenvalue weighted by atomic mass is 9.94. The van der Waals surface area contributed by atoms with E-state index in [4.69, 9.17) is 11.6 Å². The van der Waals surface area contributed by atoms with E-state index >= 15 is 0 Å². The highest BCUT2D eigenvalue weighted by molar-refractivity contribution is 7.89. The minimum absolute atomic E-state index is 0.0142. The number of carbonyl (C=O) groups is 2. The maximum absolute atomic E-state index is 13.6. The first kappa shape index (κ1) is 25.7. The van der Waals surface area contributed by atoms with E-state index in [0.29, 0.717) is 24.5 Å². The fraction of sp³-hybridized carbons (Fsp3) is 0.357. The molecule has 7 nitrogen and oxygen atoms in total. The lowest BCUT2D eigenvalue weighted by Crippen LogP contribution is -2.51. The Morgan fingerprint density at radius 3 is 2.49 bits per heavy atom. The molecule has 2 amide bonds. The van der Waals surface area contributed by atoms with Gasteiger partial charge in [-0.15, -0.1) is 0 Å². The molecule has 2 unspecified atom stereocenters. The van der Waals surface area contributed by atoms with Gasteiger partial charge in [-0.2, -0.15) is 4.72 Å². The number of hydrogen-bond acceptors (Lipinski definition) is 4. The molecule has 0 saturated carbocycles.